The number of nitrogens with zero attached hydrogens (tertiary/aromatic N) is 1. The van der Waals surface area contributed by atoms with Crippen LogP contribution in [0.5, 0.6) is 5.75 Å². The molecule has 2 rings (SSSR count). The van der Waals surface area contributed by atoms with Crippen LogP contribution in [0.3, 0.4) is 0 Å². The maximum atomic E-state index is 5.69. The summed E-state index contributed by atoms with van der Waals surface area (Å²) < 4.78 is 10.7. The summed E-state index contributed by atoms with van der Waals surface area (Å²) in [4.78, 5) is 2.18. The first-order valence-corrected chi connectivity index (χ1v) is 7.66. The van der Waals surface area contributed by atoms with Gasteiger partial charge in [0, 0.05) is 59.4 Å². The molecule has 1 aliphatic rings. The average Bonchev–Trinajstić information content (AvgIpc) is 2.55. The number of allylic oxidation sites excluding steroid dienone is 3. The summed E-state index contributed by atoms with van der Waals surface area (Å²) in [7, 11) is 1.70. The summed E-state index contributed by atoms with van der Waals surface area (Å²) in [6.07, 6.45) is 6.25. The zero-order valence-corrected chi connectivity index (χ0v) is 17.1. The number of benzene rings is 1. The summed E-state index contributed by atoms with van der Waals surface area (Å²) in [6, 6.07) is 8.13. The van der Waals surface area contributed by atoms with Crippen LogP contribution in [0.25, 0.3) is 5.70 Å². The maximum Gasteiger partial charge on any atom is 0.117 e. The summed E-state index contributed by atoms with van der Waals surface area (Å²) >= 11 is 0. The smallest absolute Gasteiger partial charge is 0.117 e. The Morgan fingerprint density at radius 1 is 1.17 bits per heavy atom. The fourth-order valence-electron chi connectivity index (χ4n) is 2.38. The fraction of sp³-hybridized carbons (Fsp3) is 0.368. The van der Waals surface area contributed by atoms with Crippen LogP contribution in [0, 0.1) is 6.08 Å². The Hall–Kier alpha value is -0.896. The van der Waals surface area contributed by atoms with E-state index < -0.39 is 0 Å². The van der Waals surface area contributed by atoms with E-state index in [0.29, 0.717) is 6.61 Å². The molecule has 1 aromatic carbocycles. The van der Waals surface area contributed by atoms with E-state index in [1.807, 2.05) is 18.2 Å². The Balaban J connectivity index is 0.00000264. The Kier molecular flexibility index (Phi) is 8.82. The Bertz CT molecular complexity index is 576. The van der Waals surface area contributed by atoms with Crippen LogP contribution in [0.4, 0.5) is 0 Å². The molecule has 1 radical (unpaired) electrons. The van der Waals surface area contributed by atoms with Crippen LogP contribution in [-0.2, 0) is 37.4 Å². The molecule has 121 valence electrons. The first kappa shape index (κ1) is 20.1. The van der Waals surface area contributed by atoms with Gasteiger partial charge in [-0.05, 0) is 24.8 Å². The Morgan fingerprint density at radius 3 is 2.48 bits per heavy atom. The molecular weight excluding hydrogens is 363 g/mol. The van der Waals surface area contributed by atoms with E-state index in [0.717, 1.165) is 47.9 Å². The van der Waals surface area contributed by atoms with Crippen LogP contribution in [-0.4, -0.2) is 31.8 Å². The Labute approximate surface area is 164 Å². The third kappa shape index (κ3) is 5.30. The number of hydrogen-bond acceptors (Lipinski definition) is 3. The van der Waals surface area contributed by atoms with Crippen LogP contribution < -0.4 is 4.74 Å². The minimum Gasteiger partial charge on any atom is -0.494 e. The molecule has 0 saturated heterocycles. The molecule has 23 heavy (non-hydrogen) atoms. The SMILES string of the molecule is C=C1C(C)=C[C-]=C(c2ccc(OCCCOC)cc2)N1CC.[Y]. The monoisotopic (exact) mass is 387 g/mol. The summed E-state index contributed by atoms with van der Waals surface area (Å²) in [5, 5.41) is 0. The standard InChI is InChI=1S/C19H24NO2.Y/c1-5-20-16(3)15(2)7-12-19(20)17-8-10-18(11-9-17)22-14-6-13-21-4;/h7-11H,3,5-6,13-14H2,1-2,4H3;/q-1;. The normalized spacial score (nSPS) is 14.0. The van der Waals surface area contributed by atoms with Gasteiger partial charge in [-0.15, -0.1) is 17.7 Å². The zero-order valence-electron chi connectivity index (χ0n) is 14.3. The number of methoxy groups -OCH3 is 1. The van der Waals surface area contributed by atoms with Gasteiger partial charge in [0.25, 0.3) is 0 Å². The second-order valence-corrected chi connectivity index (χ2v) is 5.23. The number of ether oxygens (including phenoxy) is 2. The molecule has 0 N–H and O–H groups in total. The van der Waals surface area contributed by atoms with Gasteiger partial charge in [-0.3, -0.25) is 0 Å². The molecule has 0 aliphatic carbocycles. The predicted molar refractivity (Wildman–Crippen MR) is 90.4 cm³/mol. The van der Waals surface area contributed by atoms with Crippen molar-refractivity contribution in [2.75, 3.05) is 26.9 Å². The van der Waals surface area contributed by atoms with E-state index in [9.17, 15) is 0 Å². The third-order valence-electron chi connectivity index (χ3n) is 3.68. The minimum absolute atomic E-state index is 0. The van der Waals surface area contributed by atoms with Crippen LogP contribution >= 0.6 is 0 Å². The van der Waals surface area contributed by atoms with E-state index in [4.69, 9.17) is 9.47 Å². The molecular formula is C19H24NO2Y-. The van der Waals surface area contributed by atoms with Gasteiger partial charge in [0.2, 0.25) is 0 Å². The van der Waals surface area contributed by atoms with Crippen molar-refractivity contribution in [3.05, 3.63) is 59.8 Å². The zero-order chi connectivity index (χ0) is 15.9. The van der Waals surface area contributed by atoms with Crippen molar-refractivity contribution in [2.45, 2.75) is 20.3 Å². The van der Waals surface area contributed by atoms with E-state index in [1.54, 1.807) is 7.11 Å². The van der Waals surface area contributed by atoms with E-state index in [2.05, 4.69) is 43.5 Å². The van der Waals surface area contributed by atoms with E-state index >= 15 is 0 Å². The quantitative estimate of drug-likeness (QED) is 0.521. The van der Waals surface area contributed by atoms with Gasteiger partial charge in [-0.1, -0.05) is 24.8 Å². The first-order chi connectivity index (χ1) is 10.7. The fourth-order valence-corrected chi connectivity index (χ4v) is 2.38. The van der Waals surface area contributed by atoms with Gasteiger partial charge in [0.1, 0.15) is 5.75 Å². The molecule has 1 heterocycles. The molecule has 0 aromatic heterocycles. The number of rotatable bonds is 7. The van der Waals surface area contributed by atoms with Gasteiger partial charge < -0.3 is 14.4 Å². The van der Waals surface area contributed by atoms with Crippen LogP contribution in [0.1, 0.15) is 25.8 Å². The van der Waals surface area contributed by atoms with Crippen molar-refractivity contribution in [1.82, 2.24) is 4.90 Å². The molecule has 0 saturated carbocycles. The summed E-state index contributed by atoms with van der Waals surface area (Å²) in [6.45, 7) is 10.6. The molecule has 0 atom stereocenters. The summed E-state index contributed by atoms with van der Waals surface area (Å²) in [5.74, 6) is 0.880. The van der Waals surface area contributed by atoms with Gasteiger partial charge in [0.15, 0.2) is 0 Å². The van der Waals surface area contributed by atoms with Crippen molar-refractivity contribution >= 4 is 5.70 Å². The molecule has 1 aliphatic heterocycles. The molecule has 0 amide bonds. The van der Waals surface area contributed by atoms with Crippen LogP contribution in [0.15, 0.2) is 48.2 Å². The molecule has 4 heteroatoms. The van der Waals surface area contributed by atoms with Gasteiger partial charge >= 0.3 is 0 Å². The number of likely N-dealkylation sites (N-methyl/N-ethyl adjacent to an activating group) is 1. The van der Waals surface area contributed by atoms with Crippen molar-refractivity contribution < 1.29 is 42.2 Å². The van der Waals surface area contributed by atoms with Crippen molar-refractivity contribution in [3.63, 3.8) is 0 Å². The Morgan fingerprint density at radius 2 is 1.87 bits per heavy atom. The molecule has 3 nitrogen and oxygen atoms in total. The second-order valence-electron chi connectivity index (χ2n) is 5.23. The average molecular weight is 387 g/mol. The molecule has 1 aromatic rings. The first-order valence-electron chi connectivity index (χ1n) is 7.66. The van der Waals surface area contributed by atoms with Crippen molar-refractivity contribution in [1.29, 1.82) is 0 Å². The largest absolute Gasteiger partial charge is 0.494 e. The van der Waals surface area contributed by atoms with Gasteiger partial charge in [-0.25, -0.2) is 0 Å². The third-order valence-corrected chi connectivity index (χ3v) is 3.68. The number of hydrogen-bond donors (Lipinski definition) is 0. The summed E-state index contributed by atoms with van der Waals surface area (Å²) in [5.41, 5.74) is 4.37. The van der Waals surface area contributed by atoms with Gasteiger partial charge in [0.05, 0.1) is 6.61 Å². The van der Waals surface area contributed by atoms with Crippen molar-refractivity contribution in [3.8, 4) is 5.75 Å². The molecule has 0 fully saturated rings. The second kappa shape index (κ2) is 10.1. The maximum absolute atomic E-state index is 5.69. The predicted octanol–water partition coefficient (Wildman–Crippen LogP) is 4.04. The van der Waals surface area contributed by atoms with Crippen LogP contribution in [0.2, 0.25) is 0 Å². The minimum atomic E-state index is 0. The van der Waals surface area contributed by atoms with E-state index in [-0.39, 0.29) is 32.7 Å². The molecule has 0 spiro atoms. The van der Waals surface area contributed by atoms with Gasteiger partial charge in [-0.2, -0.15) is 12.2 Å². The molecule has 0 unspecified atom stereocenters. The topological polar surface area (TPSA) is 21.7 Å². The molecule has 0 bridgehead atoms. The van der Waals surface area contributed by atoms with E-state index in [1.165, 1.54) is 0 Å². The van der Waals surface area contributed by atoms with Crippen molar-refractivity contribution in [2.24, 2.45) is 0 Å².